The Kier molecular flexibility index (Phi) is 6.39. The van der Waals surface area contributed by atoms with Crippen molar-refractivity contribution in [3.8, 4) is 11.3 Å². The molecule has 1 saturated carbocycles. The smallest absolute Gasteiger partial charge is 0.335 e. The molecule has 2 aliphatic heterocycles. The molecule has 0 radical (unpaired) electrons. The van der Waals surface area contributed by atoms with Crippen LogP contribution < -0.4 is 4.90 Å². The zero-order valence-electron chi connectivity index (χ0n) is 21.2. The number of piperidine rings is 1. The van der Waals surface area contributed by atoms with Crippen LogP contribution in [0.4, 0.5) is 10.1 Å². The molecular formula is C30H34FN3O3. The zero-order chi connectivity index (χ0) is 25.5. The molecule has 194 valence electrons. The quantitative estimate of drug-likeness (QED) is 0.472. The van der Waals surface area contributed by atoms with Crippen molar-refractivity contribution in [2.24, 2.45) is 0 Å². The van der Waals surface area contributed by atoms with Gasteiger partial charge >= 0.3 is 5.97 Å². The van der Waals surface area contributed by atoms with Crippen LogP contribution in [0.3, 0.4) is 0 Å². The number of halogens is 1. The molecule has 3 heterocycles. The molecule has 0 atom stereocenters. The number of likely N-dealkylation sites (tertiary alicyclic amines) is 1. The maximum Gasteiger partial charge on any atom is 0.335 e. The Hall–Kier alpha value is -3.35. The van der Waals surface area contributed by atoms with E-state index >= 15 is 0 Å². The van der Waals surface area contributed by atoms with Gasteiger partial charge in [-0.3, -0.25) is 4.79 Å². The summed E-state index contributed by atoms with van der Waals surface area (Å²) in [5.41, 5.74) is 5.18. The molecule has 3 aliphatic rings. The van der Waals surface area contributed by atoms with Crippen molar-refractivity contribution in [3.63, 3.8) is 0 Å². The zero-order valence-corrected chi connectivity index (χ0v) is 21.2. The van der Waals surface area contributed by atoms with Crippen LogP contribution in [0.5, 0.6) is 0 Å². The van der Waals surface area contributed by atoms with Crippen molar-refractivity contribution >= 4 is 28.5 Å². The molecule has 7 heteroatoms. The maximum atomic E-state index is 14.7. The van der Waals surface area contributed by atoms with Crippen molar-refractivity contribution in [3.05, 3.63) is 53.3 Å². The van der Waals surface area contributed by atoms with Gasteiger partial charge in [0.1, 0.15) is 5.82 Å². The number of aromatic nitrogens is 1. The van der Waals surface area contributed by atoms with Crippen molar-refractivity contribution in [2.45, 2.75) is 63.8 Å². The van der Waals surface area contributed by atoms with E-state index in [9.17, 15) is 19.1 Å². The van der Waals surface area contributed by atoms with Crippen LogP contribution in [0.1, 0.15) is 73.2 Å². The Balaban J connectivity index is 1.50. The van der Waals surface area contributed by atoms with E-state index in [-0.39, 0.29) is 23.8 Å². The first-order valence-electron chi connectivity index (χ1n) is 13.7. The van der Waals surface area contributed by atoms with Gasteiger partial charge in [0.05, 0.1) is 17.8 Å². The second kappa shape index (κ2) is 9.84. The van der Waals surface area contributed by atoms with Gasteiger partial charge in [-0.2, -0.15) is 0 Å². The number of carbonyl (C=O) groups excluding carboxylic acids is 1. The first kappa shape index (κ1) is 24.0. The largest absolute Gasteiger partial charge is 0.478 e. The molecule has 1 aromatic heterocycles. The standard InChI is InChI=1S/C30H34FN3O3/c31-22-10-12-24-25(18-22)33(19-27(35)32-13-5-2-6-14-32)15-16-34-26-17-21(30(36)37)9-11-23(26)28(29(24)34)20-7-3-1-4-8-20/h9-12,17-18,20H,1-8,13-16,19H2,(H,36,37). The van der Waals surface area contributed by atoms with Crippen molar-refractivity contribution in [1.29, 1.82) is 0 Å². The molecule has 1 saturated heterocycles. The third-order valence-corrected chi connectivity index (χ3v) is 8.55. The van der Waals surface area contributed by atoms with Gasteiger partial charge in [-0.15, -0.1) is 0 Å². The van der Waals surface area contributed by atoms with Gasteiger partial charge in [-0.1, -0.05) is 25.3 Å². The number of benzene rings is 2. The SMILES string of the molecule is O=C(O)c1ccc2c(C3CCCCC3)c3n(c2c1)CCN(CC(=O)N1CCCCC1)c1cc(F)ccc1-3. The topological polar surface area (TPSA) is 65.8 Å². The number of carbonyl (C=O) groups is 2. The van der Waals surface area contributed by atoms with E-state index in [0.29, 0.717) is 19.0 Å². The number of hydrogen-bond acceptors (Lipinski definition) is 3. The summed E-state index contributed by atoms with van der Waals surface area (Å²) >= 11 is 0. The molecule has 0 unspecified atom stereocenters. The van der Waals surface area contributed by atoms with E-state index in [1.165, 1.54) is 30.9 Å². The number of carboxylic acid groups (broad SMARTS) is 1. The monoisotopic (exact) mass is 503 g/mol. The average molecular weight is 504 g/mol. The minimum absolute atomic E-state index is 0.0898. The van der Waals surface area contributed by atoms with E-state index in [0.717, 1.165) is 73.0 Å². The molecule has 2 fully saturated rings. The first-order chi connectivity index (χ1) is 18.0. The normalized spacial score (nSPS) is 18.4. The Bertz CT molecular complexity index is 1350. The molecule has 6 rings (SSSR count). The number of anilines is 1. The third kappa shape index (κ3) is 4.38. The summed E-state index contributed by atoms with van der Waals surface area (Å²) in [6, 6.07) is 10.4. The molecule has 6 nitrogen and oxygen atoms in total. The number of hydrogen-bond donors (Lipinski definition) is 1. The number of carboxylic acids is 1. The average Bonchev–Trinajstić information content (AvgIpc) is 3.16. The second-order valence-corrected chi connectivity index (χ2v) is 10.8. The summed E-state index contributed by atoms with van der Waals surface area (Å²) in [4.78, 5) is 29.1. The van der Waals surface area contributed by atoms with Crippen LogP contribution in [-0.2, 0) is 11.3 Å². The summed E-state index contributed by atoms with van der Waals surface area (Å²) in [5, 5.41) is 10.8. The lowest BCUT2D eigenvalue weighted by atomic mass is 9.81. The van der Waals surface area contributed by atoms with Gasteiger partial charge in [0.25, 0.3) is 0 Å². The predicted octanol–water partition coefficient (Wildman–Crippen LogP) is 6.03. The number of amides is 1. The Morgan fingerprint density at radius 2 is 1.65 bits per heavy atom. The fourth-order valence-electron chi connectivity index (χ4n) is 6.72. The fourth-order valence-corrected chi connectivity index (χ4v) is 6.72. The number of nitrogens with zero attached hydrogens (tertiary/aromatic N) is 3. The fraction of sp³-hybridized carbons (Fsp3) is 0.467. The van der Waals surface area contributed by atoms with Crippen LogP contribution in [0, 0.1) is 5.82 Å². The summed E-state index contributed by atoms with van der Waals surface area (Å²) in [6.45, 7) is 2.95. The predicted molar refractivity (Wildman–Crippen MR) is 143 cm³/mol. The number of fused-ring (bicyclic) bond motifs is 5. The van der Waals surface area contributed by atoms with E-state index in [1.54, 1.807) is 18.2 Å². The Labute approximate surface area is 216 Å². The van der Waals surface area contributed by atoms with Gasteiger partial charge in [-0.05, 0) is 73.9 Å². The summed E-state index contributed by atoms with van der Waals surface area (Å²) < 4.78 is 16.9. The van der Waals surface area contributed by atoms with Gasteiger partial charge in [0.2, 0.25) is 5.91 Å². The van der Waals surface area contributed by atoms with E-state index in [1.807, 2.05) is 21.9 Å². The highest BCUT2D eigenvalue weighted by molar-refractivity contribution is 6.00. The minimum atomic E-state index is -0.943. The molecule has 3 aromatic rings. The molecule has 2 aromatic carbocycles. The Morgan fingerprint density at radius 3 is 2.41 bits per heavy atom. The maximum absolute atomic E-state index is 14.7. The summed E-state index contributed by atoms with van der Waals surface area (Å²) in [7, 11) is 0. The lowest BCUT2D eigenvalue weighted by molar-refractivity contribution is -0.130. The second-order valence-electron chi connectivity index (χ2n) is 10.8. The molecule has 1 aliphatic carbocycles. The third-order valence-electron chi connectivity index (χ3n) is 8.55. The summed E-state index contributed by atoms with van der Waals surface area (Å²) in [5.74, 6) is -0.790. The molecule has 0 bridgehead atoms. The minimum Gasteiger partial charge on any atom is -0.478 e. The van der Waals surface area contributed by atoms with Crippen LogP contribution in [0.2, 0.25) is 0 Å². The highest BCUT2D eigenvalue weighted by atomic mass is 19.1. The van der Waals surface area contributed by atoms with Crippen LogP contribution in [-0.4, -0.2) is 52.6 Å². The van der Waals surface area contributed by atoms with Crippen molar-refractivity contribution in [2.75, 3.05) is 31.1 Å². The van der Waals surface area contributed by atoms with Gasteiger partial charge in [-0.25, -0.2) is 9.18 Å². The van der Waals surface area contributed by atoms with Crippen molar-refractivity contribution < 1.29 is 19.1 Å². The molecule has 1 N–H and O–H groups in total. The number of aromatic carboxylic acids is 1. The van der Waals surface area contributed by atoms with Crippen molar-refractivity contribution in [1.82, 2.24) is 9.47 Å². The van der Waals surface area contributed by atoms with Gasteiger partial charge in [0, 0.05) is 48.3 Å². The van der Waals surface area contributed by atoms with Gasteiger partial charge < -0.3 is 19.5 Å². The molecule has 0 spiro atoms. The summed E-state index contributed by atoms with van der Waals surface area (Å²) in [6.07, 6.45) is 9.01. The lowest BCUT2D eigenvalue weighted by Gasteiger charge is -2.31. The lowest BCUT2D eigenvalue weighted by Crippen LogP contribution is -2.43. The first-order valence-corrected chi connectivity index (χ1v) is 13.7. The highest BCUT2D eigenvalue weighted by Gasteiger charge is 2.32. The van der Waals surface area contributed by atoms with E-state index < -0.39 is 5.97 Å². The van der Waals surface area contributed by atoms with Gasteiger partial charge in [0.15, 0.2) is 0 Å². The molecular weight excluding hydrogens is 469 g/mol. The molecule has 37 heavy (non-hydrogen) atoms. The van der Waals surface area contributed by atoms with E-state index in [2.05, 4.69) is 4.57 Å². The Morgan fingerprint density at radius 1 is 0.892 bits per heavy atom. The van der Waals surface area contributed by atoms with Crippen LogP contribution in [0.15, 0.2) is 36.4 Å². The highest BCUT2D eigenvalue weighted by Crippen LogP contribution is 2.47. The van der Waals surface area contributed by atoms with Crippen LogP contribution in [0.25, 0.3) is 22.2 Å². The molecule has 1 amide bonds. The van der Waals surface area contributed by atoms with E-state index in [4.69, 9.17) is 0 Å². The number of rotatable bonds is 4. The van der Waals surface area contributed by atoms with Crippen LogP contribution >= 0.6 is 0 Å².